The Morgan fingerprint density at radius 2 is 1.83 bits per heavy atom. The predicted molar refractivity (Wildman–Crippen MR) is 97.3 cm³/mol. The van der Waals surface area contributed by atoms with Crippen LogP contribution in [-0.2, 0) is 16.9 Å². The minimum atomic E-state index is -1.54. The summed E-state index contributed by atoms with van der Waals surface area (Å²) in [6, 6.07) is 9.81. The molecule has 1 N–H and O–H groups in total. The lowest BCUT2D eigenvalue weighted by molar-refractivity contribution is -0.131. The molecule has 1 aromatic heterocycles. The molecule has 7 nitrogen and oxygen atoms in total. The molecule has 0 aliphatic carbocycles. The van der Waals surface area contributed by atoms with Crippen LogP contribution >= 0.6 is 0 Å². The number of carbonyl (C=O) groups is 2. The van der Waals surface area contributed by atoms with E-state index in [1.807, 2.05) is 31.2 Å². The Labute approximate surface area is 164 Å². The van der Waals surface area contributed by atoms with Gasteiger partial charge in [-0.05, 0) is 31.5 Å². The summed E-state index contributed by atoms with van der Waals surface area (Å²) in [5.74, 6) is -2.39. The molecule has 1 fully saturated rings. The number of urea groups is 1. The molecule has 0 bridgehead atoms. The average Bonchev–Trinajstić information content (AvgIpc) is 3.24. The van der Waals surface area contributed by atoms with Gasteiger partial charge in [-0.15, -0.1) is 0 Å². The number of benzene rings is 2. The first-order valence-corrected chi connectivity index (χ1v) is 8.77. The van der Waals surface area contributed by atoms with Crippen molar-refractivity contribution in [2.45, 2.75) is 25.9 Å². The van der Waals surface area contributed by atoms with Crippen LogP contribution in [0.15, 0.2) is 47.0 Å². The zero-order valence-electron chi connectivity index (χ0n) is 15.6. The molecule has 1 unspecified atom stereocenters. The fraction of sp³-hybridized carbons (Fsp3) is 0.200. The van der Waals surface area contributed by atoms with Gasteiger partial charge in [-0.3, -0.25) is 9.69 Å². The van der Waals surface area contributed by atoms with Crippen molar-refractivity contribution in [1.82, 2.24) is 20.4 Å². The fourth-order valence-corrected chi connectivity index (χ4v) is 3.12. The molecular weight excluding hydrogens is 382 g/mol. The van der Waals surface area contributed by atoms with Crippen molar-refractivity contribution in [2.75, 3.05) is 0 Å². The predicted octanol–water partition coefficient (Wildman–Crippen LogP) is 3.29. The van der Waals surface area contributed by atoms with Crippen LogP contribution in [0.4, 0.5) is 13.6 Å². The minimum absolute atomic E-state index is 0.0682. The Balaban J connectivity index is 1.57. The molecule has 29 heavy (non-hydrogen) atoms. The summed E-state index contributed by atoms with van der Waals surface area (Å²) >= 11 is 0. The van der Waals surface area contributed by atoms with E-state index in [2.05, 4.69) is 15.5 Å². The van der Waals surface area contributed by atoms with Crippen LogP contribution in [0.2, 0.25) is 0 Å². The highest BCUT2D eigenvalue weighted by atomic mass is 19.2. The molecule has 3 aromatic rings. The second kappa shape index (κ2) is 6.77. The van der Waals surface area contributed by atoms with Crippen LogP contribution in [0.1, 0.15) is 23.9 Å². The van der Waals surface area contributed by atoms with Gasteiger partial charge in [-0.1, -0.05) is 41.1 Å². The monoisotopic (exact) mass is 398 g/mol. The highest BCUT2D eigenvalue weighted by Gasteiger charge is 2.49. The zero-order chi connectivity index (χ0) is 20.8. The van der Waals surface area contributed by atoms with Gasteiger partial charge in [0, 0.05) is 5.56 Å². The van der Waals surface area contributed by atoms with E-state index in [1.54, 1.807) is 0 Å². The van der Waals surface area contributed by atoms with Crippen LogP contribution in [0.3, 0.4) is 0 Å². The van der Waals surface area contributed by atoms with Crippen molar-refractivity contribution in [2.24, 2.45) is 0 Å². The lowest BCUT2D eigenvalue weighted by Crippen LogP contribution is -2.41. The number of nitrogens with one attached hydrogen (secondary N) is 1. The van der Waals surface area contributed by atoms with Gasteiger partial charge in [-0.2, -0.15) is 4.98 Å². The SMILES string of the molecule is Cc1ccc(-c2noc(CN3C(=O)NC(C)(c4ccc(F)c(F)c4)C3=O)n2)cc1. The molecule has 2 aromatic carbocycles. The molecule has 3 amide bonds. The van der Waals surface area contributed by atoms with Gasteiger partial charge in [0.05, 0.1) is 0 Å². The van der Waals surface area contributed by atoms with Gasteiger partial charge in [0.1, 0.15) is 12.1 Å². The van der Waals surface area contributed by atoms with E-state index >= 15 is 0 Å². The molecule has 0 spiro atoms. The summed E-state index contributed by atoms with van der Waals surface area (Å²) < 4.78 is 32.0. The number of aryl methyl sites for hydroxylation is 1. The molecule has 1 aliphatic heterocycles. The molecule has 1 atom stereocenters. The van der Waals surface area contributed by atoms with Crippen molar-refractivity contribution in [3.05, 3.63) is 71.1 Å². The van der Waals surface area contributed by atoms with E-state index in [0.717, 1.165) is 28.2 Å². The van der Waals surface area contributed by atoms with Gasteiger partial charge in [0.2, 0.25) is 11.7 Å². The van der Waals surface area contributed by atoms with Crippen LogP contribution in [0.25, 0.3) is 11.4 Å². The standard InChI is InChI=1S/C20H16F2N4O3/c1-11-3-5-12(6-4-11)17-23-16(29-25-17)10-26-18(27)20(2,24-19(26)28)13-7-8-14(21)15(22)9-13/h3-9H,10H2,1-2H3,(H,24,28). The summed E-state index contributed by atoms with van der Waals surface area (Å²) in [7, 11) is 0. The molecule has 0 radical (unpaired) electrons. The Kier molecular flexibility index (Phi) is 4.37. The lowest BCUT2D eigenvalue weighted by Gasteiger charge is -2.22. The summed E-state index contributed by atoms with van der Waals surface area (Å²) in [4.78, 5) is 30.4. The average molecular weight is 398 g/mol. The van der Waals surface area contributed by atoms with E-state index < -0.39 is 29.1 Å². The number of hydrogen-bond donors (Lipinski definition) is 1. The Bertz CT molecular complexity index is 1110. The normalized spacial score (nSPS) is 19.0. The first kappa shape index (κ1) is 18.7. The molecule has 0 saturated carbocycles. The van der Waals surface area contributed by atoms with Gasteiger partial charge >= 0.3 is 6.03 Å². The van der Waals surface area contributed by atoms with Crippen LogP contribution < -0.4 is 5.32 Å². The summed E-state index contributed by atoms with van der Waals surface area (Å²) in [5.41, 5.74) is 0.400. The lowest BCUT2D eigenvalue weighted by atomic mass is 9.92. The largest absolute Gasteiger partial charge is 0.337 e. The second-order valence-corrected chi connectivity index (χ2v) is 6.95. The summed E-state index contributed by atoms with van der Waals surface area (Å²) in [6.07, 6.45) is 0. The number of rotatable bonds is 4. The molecule has 1 saturated heterocycles. The number of carbonyl (C=O) groups excluding carboxylic acids is 2. The van der Waals surface area contributed by atoms with Crippen molar-refractivity contribution < 1.29 is 22.9 Å². The number of halogens is 2. The van der Waals surface area contributed by atoms with Gasteiger partial charge in [0.25, 0.3) is 5.91 Å². The van der Waals surface area contributed by atoms with E-state index in [-0.39, 0.29) is 18.0 Å². The highest BCUT2D eigenvalue weighted by Crippen LogP contribution is 2.30. The smallest absolute Gasteiger partial charge is 0.325 e. The van der Waals surface area contributed by atoms with Crippen LogP contribution in [-0.4, -0.2) is 27.0 Å². The Morgan fingerprint density at radius 1 is 1.10 bits per heavy atom. The number of nitrogens with zero attached hydrogens (tertiary/aromatic N) is 3. The molecule has 148 valence electrons. The van der Waals surface area contributed by atoms with Crippen molar-refractivity contribution in [3.8, 4) is 11.4 Å². The second-order valence-electron chi connectivity index (χ2n) is 6.95. The Morgan fingerprint density at radius 3 is 2.52 bits per heavy atom. The van der Waals surface area contributed by atoms with Gasteiger partial charge in [0.15, 0.2) is 11.6 Å². The highest BCUT2D eigenvalue weighted by molar-refractivity contribution is 6.07. The summed E-state index contributed by atoms with van der Waals surface area (Å²) in [5, 5.41) is 6.39. The molecule has 4 rings (SSSR count). The number of hydrogen-bond acceptors (Lipinski definition) is 5. The maximum Gasteiger partial charge on any atom is 0.325 e. The zero-order valence-corrected chi connectivity index (χ0v) is 15.6. The first-order chi connectivity index (χ1) is 13.8. The van der Waals surface area contributed by atoms with E-state index in [0.29, 0.717) is 5.82 Å². The third-order valence-corrected chi connectivity index (χ3v) is 4.84. The fourth-order valence-electron chi connectivity index (χ4n) is 3.12. The molecule has 2 heterocycles. The quantitative estimate of drug-likeness (QED) is 0.682. The molecule has 1 aliphatic rings. The third kappa shape index (κ3) is 3.24. The maximum absolute atomic E-state index is 13.6. The number of aromatic nitrogens is 2. The van der Waals surface area contributed by atoms with Crippen LogP contribution in [0, 0.1) is 18.6 Å². The summed E-state index contributed by atoms with van der Waals surface area (Å²) in [6.45, 7) is 3.13. The van der Waals surface area contributed by atoms with Crippen LogP contribution in [0.5, 0.6) is 0 Å². The van der Waals surface area contributed by atoms with E-state index in [1.165, 1.54) is 13.0 Å². The van der Waals surface area contributed by atoms with Gasteiger partial charge in [-0.25, -0.2) is 13.6 Å². The van der Waals surface area contributed by atoms with Crippen molar-refractivity contribution in [1.29, 1.82) is 0 Å². The molecule has 9 heteroatoms. The molecular formula is C20H16F2N4O3. The van der Waals surface area contributed by atoms with E-state index in [9.17, 15) is 18.4 Å². The topological polar surface area (TPSA) is 88.3 Å². The third-order valence-electron chi connectivity index (χ3n) is 4.84. The number of imide groups is 1. The van der Waals surface area contributed by atoms with E-state index in [4.69, 9.17) is 4.52 Å². The first-order valence-electron chi connectivity index (χ1n) is 8.77. The maximum atomic E-state index is 13.6. The Hall–Kier alpha value is -3.62. The van der Waals surface area contributed by atoms with Crippen molar-refractivity contribution >= 4 is 11.9 Å². The van der Waals surface area contributed by atoms with Gasteiger partial charge < -0.3 is 9.84 Å². The number of amides is 3. The minimum Gasteiger partial charge on any atom is -0.337 e. The van der Waals surface area contributed by atoms with Crippen molar-refractivity contribution in [3.63, 3.8) is 0 Å².